The van der Waals surface area contributed by atoms with Gasteiger partial charge < -0.3 is 15.0 Å². The lowest BCUT2D eigenvalue weighted by atomic mass is 9.87. The summed E-state index contributed by atoms with van der Waals surface area (Å²) in [5.74, 6) is -0.0884. The Labute approximate surface area is 166 Å². The lowest BCUT2D eigenvalue weighted by molar-refractivity contribution is -0.121. The van der Waals surface area contributed by atoms with Gasteiger partial charge in [0.15, 0.2) is 0 Å². The van der Waals surface area contributed by atoms with Gasteiger partial charge in [-0.2, -0.15) is 8.42 Å². The van der Waals surface area contributed by atoms with E-state index in [0.717, 1.165) is 18.7 Å². The molecule has 0 bridgehead atoms. The van der Waals surface area contributed by atoms with E-state index in [1.165, 1.54) is 12.1 Å². The zero-order valence-electron chi connectivity index (χ0n) is 16.8. The second-order valence-corrected chi connectivity index (χ2v) is 9.79. The number of methoxy groups -OCH3 is 1. The van der Waals surface area contributed by atoms with E-state index < -0.39 is 10.1 Å². The largest absolute Gasteiger partial charge is 0.383 e. The summed E-state index contributed by atoms with van der Waals surface area (Å²) in [5, 5.41) is 3.40. The van der Waals surface area contributed by atoms with Crippen LogP contribution in [-0.4, -0.2) is 75.8 Å². The predicted octanol–water partition coefficient (Wildman–Crippen LogP) is 0.866. The normalized spacial score (nSPS) is 25.0. The molecule has 2 N–H and O–H groups in total. The molecule has 2 atom stereocenters. The van der Waals surface area contributed by atoms with Gasteiger partial charge in [-0.1, -0.05) is 19.9 Å². The Morgan fingerprint density at radius 2 is 2.11 bits per heavy atom. The van der Waals surface area contributed by atoms with Gasteiger partial charge in [-0.15, -0.1) is 0 Å². The smallest absolute Gasteiger partial charge is 0.294 e. The molecule has 0 spiro atoms. The molecule has 28 heavy (non-hydrogen) atoms. The first-order valence-electron chi connectivity index (χ1n) is 9.41. The SMILES string of the molecule is COC[C@H]1CN[C@H](C)CN1CC(=O)N1CC(C)(C)c2ccc(S(=O)(=O)O)cc21. The minimum Gasteiger partial charge on any atom is -0.383 e. The Balaban J connectivity index is 1.87. The van der Waals surface area contributed by atoms with Crippen molar-refractivity contribution in [1.29, 1.82) is 0 Å². The molecule has 0 saturated carbocycles. The van der Waals surface area contributed by atoms with Gasteiger partial charge >= 0.3 is 0 Å². The summed E-state index contributed by atoms with van der Waals surface area (Å²) in [6.07, 6.45) is 0. The average molecular weight is 412 g/mol. The van der Waals surface area contributed by atoms with Gasteiger partial charge in [0.05, 0.1) is 18.0 Å². The van der Waals surface area contributed by atoms with Crippen molar-refractivity contribution in [3.05, 3.63) is 23.8 Å². The van der Waals surface area contributed by atoms with Crippen molar-refractivity contribution >= 4 is 21.7 Å². The van der Waals surface area contributed by atoms with Crippen molar-refractivity contribution in [3.8, 4) is 0 Å². The van der Waals surface area contributed by atoms with Crippen LogP contribution in [0.5, 0.6) is 0 Å². The summed E-state index contributed by atoms with van der Waals surface area (Å²) >= 11 is 0. The van der Waals surface area contributed by atoms with Gasteiger partial charge in [0.1, 0.15) is 0 Å². The molecule has 1 aromatic rings. The monoisotopic (exact) mass is 411 g/mol. The zero-order chi connectivity index (χ0) is 20.7. The number of piperazine rings is 1. The Morgan fingerprint density at radius 3 is 2.75 bits per heavy atom. The fourth-order valence-electron chi connectivity index (χ4n) is 4.10. The number of ether oxygens (including phenoxy) is 1. The molecule has 0 aromatic heterocycles. The maximum absolute atomic E-state index is 13.2. The number of fused-ring (bicyclic) bond motifs is 1. The van der Waals surface area contributed by atoms with Gasteiger partial charge in [-0.25, -0.2) is 0 Å². The van der Waals surface area contributed by atoms with E-state index in [9.17, 15) is 17.8 Å². The quantitative estimate of drug-likeness (QED) is 0.694. The molecule has 1 amide bonds. The van der Waals surface area contributed by atoms with Crippen molar-refractivity contribution in [2.24, 2.45) is 0 Å². The van der Waals surface area contributed by atoms with E-state index in [1.54, 1.807) is 18.1 Å². The number of carbonyl (C=O) groups excluding carboxylic acids is 1. The molecule has 1 fully saturated rings. The maximum Gasteiger partial charge on any atom is 0.294 e. The van der Waals surface area contributed by atoms with Gasteiger partial charge in [0.25, 0.3) is 10.1 Å². The molecule has 0 radical (unpaired) electrons. The summed E-state index contributed by atoms with van der Waals surface area (Å²) in [4.78, 5) is 16.7. The summed E-state index contributed by atoms with van der Waals surface area (Å²) < 4.78 is 37.8. The van der Waals surface area contributed by atoms with Crippen LogP contribution in [0, 0.1) is 0 Å². The van der Waals surface area contributed by atoms with Crippen LogP contribution >= 0.6 is 0 Å². The molecule has 2 aliphatic heterocycles. The number of nitrogens with one attached hydrogen (secondary N) is 1. The van der Waals surface area contributed by atoms with E-state index in [4.69, 9.17) is 4.74 Å². The first-order valence-corrected chi connectivity index (χ1v) is 10.9. The fraction of sp³-hybridized carbons (Fsp3) is 0.632. The van der Waals surface area contributed by atoms with E-state index >= 15 is 0 Å². The topological polar surface area (TPSA) is 99.2 Å². The molecular weight excluding hydrogens is 382 g/mol. The molecule has 1 aromatic carbocycles. The highest BCUT2D eigenvalue weighted by atomic mass is 32.2. The Morgan fingerprint density at radius 1 is 1.39 bits per heavy atom. The fourth-order valence-corrected chi connectivity index (χ4v) is 4.60. The Kier molecular flexibility index (Phi) is 5.84. The maximum atomic E-state index is 13.2. The number of nitrogens with zero attached hydrogens (tertiary/aromatic N) is 2. The number of carbonyl (C=O) groups is 1. The highest BCUT2D eigenvalue weighted by Crippen LogP contribution is 2.41. The van der Waals surface area contributed by atoms with Crippen LogP contribution in [0.1, 0.15) is 26.3 Å². The van der Waals surface area contributed by atoms with Crippen molar-refractivity contribution < 1.29 is 22.5 Å². The molecule has 8 nitrogen and oxygen atoms in total. The van der Waals surface area contributed by atoms with Crippen molar-refractivity contribution in [3.63, 3.8) is 0 Å². The number of amides is 1. The first-order chi connectivity index (χ1) is 13.0. The third kappa shape index (κ3) is 4.23. The zero-order valence-corrected chi connectivity index (χ0v) is 17.6. The summed E-state index contributed by atoms with van der Waals surface area (Å²) in [6.45, 7) is 8.82. The van der Waals surface area contributed by atoms with Crippen LogP contribution in [0.2, 0.25) is 0 Å². The van der Waals surface area contributed by atoms with Crippen LogP contribution < -0.4 is 10.2 Å². The molecule has 2 heterocycles. The molecule has 9 heteroatoms. The van der Waals surface area contributed by atoms with E-state index in [0.29, 0.717) is 18.8 Å². The molecule has 0 aliphatic carbocycles. The Hall–Kier alpha value is -1.52. The predicted molar refractivity (Wildman–Crippen MR) is 106 cm³/mol. The van der Waals surface area contributed by atoms with Gasteiger partial charge in [-0.3, -0.25) is 14.2 Å². The molecule has 0 unspecified atom stereocenters. The molecule has 3 rings (SSSR count). The van der Waals surface area contributed by atoms with Crippen molar-refractivity contribution in [1.82, 2.24) is 10.2 Å². The van der Waals surface area contributed by atoms with Crippen molar-refractivity contribution in [2.45, 2.75) is 43.2 Å². The molecule has 156 valence electrons. The van der Waals surface area contributed by atoms with Gasteiger partial charge in [0.2, 0.25) is 5.91 Å². The lowest BCUT2D eigenvalue weighted by Gasteiger charge is -2.39. The summed E-state index contributed by atoms with van der Waals surface area (Å²) in [6, 6.07) is 4.84. The van der Waals surface area contributed by atoms with E-state index in [1.807, 2.05) is 13.8 Å². The van der Waals surface area contributed by atoms with Crippen LogP contribution in [0.3, 0.4) is 0 Å². The summed E-state index contributed by atoms with van der Waals surface area (Å²) in [7, 11) is -2.69. The van der Waals surface area contributed by atoms with E-state index in [2.05, 4.69) is 17.1 Å². The van der Waals surface area contributed by atoms with Crippen LogP contribution in [-0.2, 0) is 25.1 Å². The Bertz CT molecular complexity index is 855. The average Bonchev–Trinajstić information content (AvgIpc) is 2.88. The van der Waals surface area contributed by atoms with E-state index in [-0.39, 0.29) is 34.8 Å². The number of hydrogen-bond donors (Lipinski definition) is 2. The van der Waals surface area contributed by atoms with Gasteiger partial charge in [0, 0.05) is 49.9 Å². The molecular formula is C19H29N3O5S. The first kappa shape index (κ1) is 21.2. The second-order valence-electron chi connectivity index (χ2n) is 8.37. The third-order valence-electron chi connectivity index (χ3n) is 5.57. The number of anilines is 1. The van der Waals surface area contributed by atoms with Gasteiger partial charge in [-0.05, 0) is 24.6 Å². The minimum absolute atomic E-state index is 0.0884. The third-order valence-corrected chi connectivity index (χ3v) is 6.42. The lowest BCUT2D eigenvalue weighted by Crippen LogP contribution is -2.59. The second kappa shape index (κ2) is 7.72. The highest BCUT2D eigenvalue weighted by Gasteiger charge is 2.39. The standard InChI is InChI=1S/C19H29N3O5S/c1-13-9-21(14(8-20-13)11-27-4)10-18(23)22-12-19(2,3)16-6-5-15(7-17(16)22)28(24,25)26/h5-7,13-14,20H,8-12H2,1-4H3,(H,24,25,26)/t13-,14-/m1/s1. The summed E-state index contributed by atoms with van der Waals surface area (Å²) in [5.41, 5.74) is 1.15. The van der Waals surface area contributed by atoms with Crippen molar-refractivity contribution in [2.75, 3.05) is 44.8 Å². The highest BCUT2D eigenvalue weighted by molar-refractivity contribution is 7.85. The molecule has 1 saturated heterocycles. The minimum atomic E-state index is -4.33. The molecule has 2 aliphatic rings. The number of rotatable bonds is 5. The van der Waals surface area contributed by atoms with Crippen LogP contribution in [0.15, 0.2) is 23.1 Å². The number of hydrogen-bond acceptors (Lipinski definition) is 6. The van der Waals surface area contributed by atoms with Crippen LogP contribution in [0.25, 0.3) is 0 Å². The number of benzene rings is 1. The van der Waals surface area contributed by atoms with Crippen LogP contribution in [0.4, 0.5) is 5.69 Å².